The summed E-state index contributed by atoms with van der Waals surface area (Å²) in [5, 5.41) is 4.96. The highest BCUT2D eigenvalue weighted by Crippen LogP contribution is 2.42. The normalized spacial score (nSPS) is 19.5. The number of aromatic nitrogens is 3. The molecule has 1 aliphatic heterocycles. The van der Waals surface area contributed by atoms with Crippen LogP contribution in [0.25, 0.3) is 20.4 Å². The third kappa shape index (κ3) is 3.69. The molecule has 5 rings (SSSR count). The van der Waals surface area contributed by atoms with Crippen LogP contribution in [-0.2, 0) is 24.2 Å². The molecule has 3 aromatic heterocycles. The molecule has 4 heterocycles. The van der Waals surface area contributed by atoms with Crippen LogP contribution in [0.15, 0.2) is 6.33 Å². The molecule has 0 radical (unpaired) electrons. The molecule has 0 atom stereocenters. The molecule has 6 heteroatoms. The maximum absolute atomic E-state index is 6.19. The van der Waals surface area contributed by atoms with E-state index in [1.165, 1.54) is 54.3 Å². The van der Waals surface area contributed by atoms with Crippen LogP contribution in [0, 0.1) is 5.92 Å². The van der Waals surface area contributed by atoms with E-state index in [1.807, 2.05) is 0 Å². The lowest BCUT2D eigenvalue weighted by molar-refractivity contribution is -0.0402. The van der Waals surface area contributed by atoms with E-state index in [-0.39, 0.29) is 5.60 Å². The van der Waals surface area contributed by atoms with Gasteiger partial charge >= 0.3 is 0 Å². The van der Waals surface area contributed by atoms with Gasteiger partial charge in [0, 0.05) is 29.1 Å². The molecule has 160 valence electrons. The average molecular weight is 425 g/mol. The number of nitrogens with zero attached hydrogens (tertiary/aromatic N) is 3. The number of hydrogen-bond donors (Lipinski definition) is 1. The number of hydrogen-bond acceptors (Lipinski definition) is 6. The van der Waals surface area contributed by atoms with Gasteiger partial charge in [-0.3, -0.25) is 0 Å². The molecule has 1 N–H and O–H groups in total. The standard InChI is InChI=1S/C24H32N4OS/c1-14(2)10-18-17-12-29-24(3,4)11-16(17)19-20-21(30-23(19)28-18)22(26-13-25-20)27-15-8-6-5-7-9-15/h13-15H,5-12H2,1-4H3,(H,25,26,27). The molecule has 0 bridgehead atoms. The molecule has 2 aliphatic rings. The molecule has 30 heavy (non-hydrogen) atoms. The summed E-state index contributed by atoms with van der Waals surface area (Å²) in [6.07, 6.45) is 10.0. The van der Waals surface area contributed by atoms with Crippen molar-refractivity contribution in [2.24, 2.45) is 5.92 Å². The lowest BCUT2D eigenvalue weighted by Crippen LogP contribution is -2.33. The number of nitrogens with one attached hydrogen (secondary N) is 1. The molecule has 1 saturated carbocycles. The summed E-state index contributed by atoms with van der Waals surface area (Å²) in [4.78, 5) is 15.6. The summed E-state index contributed by atoms with van der Waals surface area (Å²) in [5.41, 5.74) is 4.77. The molecule has 0 unspecified atom stereocenters. The van der Waals surface area contributed by atoms with Gasteiger partial charge in [0.1, 0.15) is 17.0 Å². The van der Waals surface area contributed by atoms with Crippen LogP contribution in [0.1, 0.15) is 76.6 Å². The van der Waals surface area contributed by atoms with Gasteiger partial charge in [-0.05, 0) is 44.6 Å². The lowest BCUT2D eigenvalue weighted by Gasteiger charge is -2.33. The first-order valence-corrected chi connectivity index (χ1v) is 12.2. The van der Waals surface area contributed by atoms with Crippen molar-refractivity contribution < 1.29 is 4.74 Å². The Morgan fingerprint density at radius 3 is 2.73 bits per heavy atom. The van der Waals surface area contributed by atoms with E-state index in [0.717, 1.165) is 33.7 Å². The fourth-order valence-corrected chi connectivity index (χ4v) is 6.10. The van der Waals surface area contributed by atoms with E-state index in [0.29, 0.717) is 18.6 Å². The quantitative estimate of drug-likeness (QED) is 0.554. The second kappa shape index (κ2) is 7.72. The summed E-state index contributed by atoms with van der Waals surface area (Å²) in [6, 6.07) is 0.521. The summed E-state index contributed by atoms with van der Waals surface area (Å²) in [7, 11) is 0. The van der Waals surface area contributed by atoms with E-state index in [9.17, 15) is 0 Å². The van der Waals surface area contributed by atoms with Crippen molar-refractivity contribution in [3.05, 3.63) is 23.1 Å². The Kier molecular flexibility index (Phi) is 5.18. The Morgan fingerprint density at radius 1 is 1.17 bits per heavy atom. The predicted octanol–water partition coefficient (Wildman–Crippen LogP) is 6.03. The first-order chi connectivity index (χ1) is 14.4. The predicted molar refractivity (Wildman–Crippen MR) is 124 cm³/mol. The molecule has 1 aliphatic carbocycles. The summed E-state index contributed by atoms with van der Waals surface area (Å²) < 4.78 is 7.35. The van der Waals surface area contributed by atoms with Crippen molar-refractivity contribution in [1.82, 2.24) is 15.0 Å². The van der Waals surface area contributed by atoms with Gasteiger partial charge in [-0.2, -0.15) is 0 Å². The van der Waals surface area contributed by atoms with Gasteiger partial charge in [-0.1, -0.05) is 33.1 Å². The van der Waals surface area contributed by atoms with Crippen molar-refractivity contribution >= 4 is 37.6 Å². The second-order valence-electron chi connectivity index (χ2n) is 10.0. The van der Waals surface area contributed by atoms with Crippen LogP contribution in [0.2, 0.25) is 0 Å². The fourth-order valence-electron chi connectivity index (χ4n) is 4.97. The Labute approximate surface area is 182 Å². The monoisotopic (exact) mass is 424 g/mol. The Balaban J connectivity index is 1.68. The number of thiophene rings is 1. The maximum atomic E-state index is 6.19. The highest BCUT2D eigenvalue weighted by molar-refractivity contribution is 7.26. The number of pyridine rings is 1. The number of ether oxygens (including phenoxy) is 1. The average Bonchev–Trinajstić information content (AvgIpc) is 3.07. The molecule has 0 spiro atoms. The third-order valence-electron chi connectivity index (χ3n) is 6.46. The first kappa shape index (κ1) is 20.1. The SMILES string of the molecule is CC(C)Cc1nc2sc3c(NC4CCCCC4)ncnc3c2c2c1COC(C)(C)C2. The molecule has 0 aromatic carbocycles. The number of anilines is 1. The molecule has 3 aromatic rings. The van der Waals surface area contributed by atoms with E-state index in [2.05, 4.69) is 38.0 Å². The van der Waals surface area contributed by atoms with E-state index in [1.54, 1.807) is 17.7 Å². The largest absolute Gasteiger partial charge is 0.370 e. The molecule has 0 amide bonds. The van der Waals surface area contributed by atoms with Crippen LogP contribution >= 0.6 is 11.3 Å². The smallest absolute Gasteiger partial charge is 0.147 e. The highest BCUT2D eigenvalue weighted by atomic mass is 32.1. The van der Waals surface area contributed by atoms with Gasteiger partial charge in [0.25, 0.3) is 0 Å². The molecule has 1 fully saturated rings. The zero-order chi connectivity index (χ0) is 20.9. The van der Waals surface area contributed by atoms with Crippen molar-refractivity contribution in [2.45, 2.75) is 90.9 Å². The van der Waals surface area contributed by atoms with E-state index >= 15 is 0 Å². The summed E-state index contributed by atoms with van der Waals surface area (Å²) in [5.74, 6) is 1.55. The maximum Gasteiger partial charge on any atom is 0.147 e. The lowest BCUT2D eigenvalue weighted by atomic mass is 9.88. The second-order valence-corrected chi connectivity index (χ2v) is 11.0. The summed E-state index contributed by atoms with van der Waals surface area (Å²) in [6.45, 7) is 9.53. The van der Waals surface area contributed by atoms with Gasteiger partial charge in [-0.25, -0.2) is 15.0 Å². The van der Waals surface area contributed by atoms with Gasteiger partial charge in [0.15, 0.2) is 0 Å². The van der Waals surface area contributed by atoms with Crippen LogP contribution in [0.3, 0.4) is 0 Å². The van der Waals surface area contributed by atoms with Crippen LogP contribution in [-0.4, -0.2) is 26.6 Å². The Hall–Kier alpha value is -1.79. The van der Waals surface area contributed by atoms with Gasteiger partial charge in [0.05, 0.1) is 22.4 Å². The molecule has 0 saturated heterocycles. The van der Waals surface area contributed by atoms with Gasteiger partial charge in [-0.15, -0.1) is 11.3 Å². The number of fused-ring (bicyclic) bond motifs is 5. The zero-order valence-electron chi connectivity index (χ0n) is 18.5. The zero-order valence-corrected chi connectivity index (χ0v) is 19.4. The topological polar surface area (TPSA) is 59.9 Å². The Morgan fingerprint density at radius 2 is 1.97 bits per heavy atom. The molecule has 5 nitrogen and oxygen atoms in total. The van der Waals surface area contributed by atoms with Crippen molar-refractivity contribution in [2.75, 3.05) is 5.32 Å². The number of rotatable bonds is 4. The van der Waals surface area contributed by atoms with Crippen LogP contribution in [0.4, 0.5) is 5.82 Å². The minimum Gasteiger partial charge on any atom is -0.370 e. The van der Waals surface area contributed by atoms with Gasteiger partial charge in [0.2, 0.25) is 0 Å². The van der Waals surface area contributed by atoms with Crippen molar-refractivity contribution in [1.29, 1.82) is 0 Å². The third-order valence-corrected chi connectivity index (χ3v) is 7.54. The van der Waals surface area contributed by atoms with E-state index in [4.69, 9.17) is 14.7 Å². The molecular formula is C24H32N4OS. The van der Waals surface area contributed by atoms with E-state index < -0.39 is 0 Å². The van der Waals surface area contributed by atoms with Crippen LogP contribution < -0.4 is 5.32 Å². The van der Waals surface area contributed by atoms with Crippen LogP contribution in [0.5, 0.6) is 0 Å². The minimum absolute atomic E-state index is 0.166. The highest BCUT2D eigenvalue weighted by Gasteiger charge is 2.32. The minimum atomic E-state index is -0.166. The first-order valence-electron chi connectivity index (χ1n) is 11.4. The molecular weight excluding hydrogens is 392 g/mol. The fraction of sp³-hybridized carbons (Fsp3) is 0.625. The van der Waals surface area contributed by atoms with Crippen molar-refractivity contribution in [3.63, 3.8) is 0 Å². The van der Waals surface area contributed by atoms with Gasteiger partial charge < -0.3 is 10.1 Å². The Bertz CT molecular complexity index is 1080. The van der Waals surface area contributed by atoms with Crippen molar-refractivity contribution in [3.8, 4) is 0 Å². The summed E-state index contributed by atoms with van der Waals surface area (Å²) >= 11 is 1.75.